The summed E-state index contributed by atoms with van der Waals surface area (Å²) in [5.41, 5.74) is 8.14. The zero-order valence-electron chi connectivity index (χ0n) is 10.3. The molecule has 1 aromatic carbocycles. The quantitative estimate of drug-likeness (QED) is 0.899. The molecule has 98 valence electrons. The molecule has 1 aliphatic rings. The molecule has 17 heavy (non-hydrogen) atoms. The molecule has 0 spiro atoms. The molecule has 0 aliphatic carbocycles. The highest BCUT2D eigenvalue weighted by Gasteiger charge is 2.16. The van der Waals surface area contributed by atoms with Crippen LogP contribution >= 0.6 is 24.8 Å². The molecule has 0 radical (unpaired) electrons. The van der Waals surface area contributed by atoms with E-state index in [1.165, 1.54) is 37.2 Å². The van der Waals surface area contributed by atoms with Crippen molar-refractivity contribution in [1.29, 1.82) is 0 Å². The number of halogens is 2. The summed E-state index contributed by atoms with van der Waals surface area (Å²) in [5.74, 6) is 0.827. The van der Waals surface area contributed by atoms with Gasteiger partial charge >= 0.3 is 0 Å². The van der Waals surface area contributed by atoms with Crippen molar-refractivity contribution in [3.63, 3.8) is 0 Å². The van der Waals surface area contributed by atoms with Gasteiger partial charge in [0, 0.05) is 25.3 Å². The Kier molecular flexibility index (Phi) is 7.60. The molecular weight excluding hydrogens is 255 g/mol. The number of nitrogens with zero attached hydrogens (tertiary/aromatic N) is 1. The first-order chi connectivity index (χ1) is 7.29. The zero-order chi connectivity index (χ0) is 10.7. The minimum absolute atomic E-state index is 0. The third kappa shape index (κ3) is 4.38. The molecule has 2 rings (SSSR count). The highest BCUT2D eigenvalue weighted by Crippen LogP contribution is 2.22. The van der Waals surface area contributed by atoms with Crippen molar-refractivity contribution in [2.24, 2.45) is 11.7 Å². The fraction of sp³-hybridized carbons (Fsp3) is 0.538. The molecule has 1 saturated heterocycles. The number of rotatable bonds is 2. The first-order valence-corrected chi connectivity index (χ1v) is 5.83. The van der Waals surface area contributed by atoms with E-state index in [4.69, 9.17) is 5.73 Å². The molecule has 1 unspecified atom stereocenters. The maximum Gasteiger partial charge on any atom is 0.0366 e. The van der Waals surface area contributed by atoms with E-state index in [-0.39, 0.29) is 24.8 Å². The van der Waals surface area contributed by atoms with Gasteiger partial charge in [0.2, 0.25) is 0 Å². The maximum absolute atomic E-state index is 5.59. The Balaban J connectivity index is 0.00000128. The molecule has 0 bridgehead atoms. The number of piperidine rings is 1. The maximum atomic E-state index is 5.59. The van der Waals surface area contributed by atoms with Gasteiger partial charge in [-0.3, -0.25) is 0 Å². The third-order valence-electron chi connectivity index (χ3n) is 3.19. The summed E-state index contributed by atoms with van der Waals surface area (Å²) < 4.78 is 0. The van der Waals surface area contributed by atoms with Crippen LogP contribution in [-0.4, -0.2) is 13.1 Å². The van der Waals surface area contributed by atoms with E-state index in [0.29, 0.717) is 6.54 Å². The lowest BCUT2D eigenvalue weighted by Crippen LogP contribution is -2.34. The second-order valence-electron chi connectivity index (χ2n) is 4.56. The van der Waals surface area contributed by atoms with Gasteiger partial charge < -0.3 is 10.6 Å². The standard InChI is InChI=1S/C13H20N2.2ClH/c1-11-3-2-8-15(10-11)13-6-4-12(9-14)5-7-13;;/h4-7,11H,2-3,8-10,14H2,1H3;2*1H. The first-order valence-electron chi connectivity index (χ1n) is 5.83. The van der Waals surface area contributed by atoms with Crippen LogP contribution in [0.1, 0.15) is 25.3 Å². The Hall–Kier alpha value is -0.440. The zero-order valence-corrected chi connectivity index (χ0v) is 11.9. The largest absolute Gasteiger partial charge is 0.371 e. The lowest BCUT2D eigenvalue weighted by Gasteiger charge is -2.32. The summed E-state index contributed by atoms with van der Waals surface area (Å²) >= 11 is 0. The fourth-order valence-corrected chi connectivity index (χ4v) is 2.27. The fourth-order valence-electron chi connectivity index (χ4n) is 2.27. The van der Waals surface area contributed by atoms with E-state index in [1.54, 1.807) is 0 Å². The topological polar surface area (TPSA) is 29.3 Å². The van der Waals surface area contributed by atoms with Crippen molar-refractivity contribution >= 4 is 30.5 Å². The number of anilines is 1. The minimum Gasteiger partial charge on any atom is -0.371 e. The number of nitrogens with two attached hydrogens (primary N) is 1. The Morgan fingerprint density at radius 3 is 2.41 bits per heavy atom. The van der Waals surface area contributed by atoms with Crippen molar-refractivity contribution in [2.75, 3.05) is 18.0 Å². The van der Waals surface area contributed by atoms with Crippen molar-refractivity contribution in [1.82, 2.24) is 0 Å². The molecule has 2 N–H and O–H groups in total. The van der Waals surface area contributed by atoms with Crippen molar-refractivity contribution in [3.8, 4) is 0 Å². The van der Waals surface area contributed by atoms with Crippen molar-refractivity contribution in [2.45, 2.75) is 26.3 Å². The highest BCUT2D eigenvalue weighted by molar-refractivity contribution is 5.85. The van der Waals surface area contributed by atoms with Gasteiger partial charge in [0.1, 0.15) is 0 Å². The van der Waals surface area contributed by atoms with Gasteiger partial charge in [-0.05, 0) is 36.5 Å². The van der Waals surface area contributed by atoms with Crippen LogP contribution in [0.3, 0.4) is 0 Å². The Morgan fingerprint density at radius 1 is 1.24 bits per heavy atom. The van der Waals surface area contributed by atoms with Crippen molar-refractivity contribution < 1.29 is 0 Å². The van der Waals surface area contributed by atoms with Gasteiger partial charge in [-0.1, -0.05) is 19.1 Å². The normalized spacial score (nSPS) is 19.2. The molecule has 0 saturated carbocycles. The summed E-state index contributed by atoms with van der Waals surface area (Å²) in [6, 6.07) is 8.66. The number of benzene rings is 1. The van der Waals surface area contributed by atoms with E-state index in [0.717, 1.165) is 5.92 Å². The van der Waals surface area contributed by atoms with Crippen LogP contribution in [0, 0.1) is 5.92 Å². The minimum atomic E-state index is 0. The summed E-state index contributed by atoms with van der Waals surface area (Å²) in [5, 5.41) is 0. The Labute approximate surface area is 116 Å². The first kappa shape index (κ1) is 16.6. The average molecular weight is 277 g/mol. The number of hydrogen-bond acceptors (Lipinski definition) is 2. The van der Waals surface area contributed by atoms with Crippen LogP contribution in [-0.2, 0) is 6.54 Å². The molecule has 2 nitrogen and oxygen atoms in total. The molecule has 1 heterocycles. The molecule has 0 amide bonds. The van der Waals surface area contributed by atoms with E-state index < -0.39 is 0 Å². The molecule has 4 heteroatoms. The second kappa shape index (κ2) is 7.80. The summed E-state index contributed by atoms with van der Waals surface area (Å²) in [6.07, 6.45) is 2.69. The summed E-state index contributed by atoms with van der Waals surface area (Å²) in [4.78, 5) is 2.48. The van der Waals surface area contributed by atoms with E-state index in [2.05, 4.69) is 36.1 Å². The second-order valence-corrected chi connectivity index (χ2v) is 4.56. The van der Waals surface area contributed by atoms with Crippen LogP contribution in [0.4, 0.5) is 5.69 Å². The van der Waals surface area contributed by atoms with E-state index in [1.807, 2.05) is 0 Å². The van der Waals surface area contributed by atoms with Gasteiger partial charge in [-0.25, -0.2) is 0 Å². The van der Waals surface area contributed by atoms with Gasteiger partial charge in [0.05, 0.1) is 0 Å². The predicted molar refractivity (Wildman–Crippen MR) is 79.4 cm³/mol. The molecule has 1 aliphatic heterocycles. The van der Waals surface area contributed by atoms with Crippen LogP contribution in [0.15, 0.2) is 24.3 Å². The van der Waals surface area contributed by atoms with Crippen LogP contribution < -0.4 is 10.6 Å². The van der Waals surface area contributed by atoms with Crippen LogP contribution in [0.2, 0.25) is 0 Å². The van der Waals surface area contributed by atoms with Gasteiger partial charge in [0.15, 0.2) is 0 Å². The van der Waals surface area contributed by atoms with Crippen LogP contribution in [0.25, 0.3) is 0 Å². The lowest BCUT2D eigenvalue weighted by atomic mass is 9.99. The number of hydrogen-bond donors (Lipinski definition) is 1. The van der Waals surface area contributed by atoms with Crippen molar-refractivity contribution in [3.05, 3.63) is 29.8 Å². The average Bonchev–Trinajstić information content (AvgIpc) is 2.29. The monoisotopic (exact) mass is 276 g/mol. The van der Waals surface area contributed by atoms with Gasteiger partial charge in [-0.2, -0.15) is 0 Å². The summed E-state index contributed by atoms with van der Waals surface area (Å²) in [6.45, 7) is 5.37. The SMILES string of the molecule is CC1CCCN(c2ccc(CN)cc2)C1.Cl.Cl. The lowest BCUT2D eigenvalue weighted by molar-refractivity contribution is 0.447. The smallest absolute Gasteiger partial charge is 0.0366 e. The highest BCUT2D eigenvalue weighted by atomic mass is 35.5. The molecule has 1 atom stereocenters. The predicted octanol–water partition coefficient (Wildman–Crippen LogP) is 3.23. The Morgan fingerprint density at radius 2 is 1.88 bits per heavy atom. The summed E-state index contributed by atoms with van der Waals surface area (Å²) in [7, 11) is 0. The molecule has 1 fully saturated rings. The van der Waals surface area contributed by atoms with Crippen LogP contribution in [0.5, 0.6) is 0 Å². The molecular formula is C13H22Cl2N2. The van der Waals surface area contributed by atoms with E-state index >= 15 is 0 Å². The van der Waals surface area contributed by atoms with Gasteiger partial charge in [0.25, 0.3) is 0 Å². The Bertz CT molecular complexity index is 314. The molecule has 0 aromatic heterocycles. The third-order valence-corrected chi connectivity index (χ3v) is 3.19. The van der Waals surface area contributed by atoms with E-state index in [9.17, 15) is 0 Å². The van der Waals surface area contributed by atoms with Gasteiger partial charge in [-0.15, -0.1) is 24.8 Å². The molecule has 1 aromatic rings.